The Morgan fingerprint density at radius 1 is 1.44 bits per heavy atom. The second kappa shape index (κ2) is 8.47. The summed E-state index contributed by atoms with van der Waals surface area (Å²) in [4.78, 5) is 24.3. The molecule has 1 N–H and O–H groups in total. The number of carbonyl (C=O) groups excluding carboxylic acids is 2. The molecule has 0 atom stereocenters. The van der Waals surface area contributed by atoms with Crippen LogP contribution in [0, 0.1) is 18.3 Å². The third-order valence-corrected chi connectivity index (χ3v) is 4.65. The molecule has 2 aromatic rings. The first kappa shape index (κ1) is 18.7. The molecule has 0 aliphatic carbocycles. The van der Waals surface area contributed by atoms with E-state index in [-0.39, 0.29) is 12.2 Å². The first-order chi connectivity index (χ1) is 12.0. The Morgan fingerprint density at radius 3 is 2.84 bits per heavy atom. The highest BCUT2D eigenvalue weighted by molar-refractivity contribution is 7.18. The van der Waals surface area contributed by atoms with E-state index in [4.69, 9.17) is 16.3 Å². The molecule has 0 radical (unpaired) electrons. The van der Waals surface area contributed by atoms with E-state index in [0.29, 0.717) is 20.5 Å². The van der Waals surface area contributed by atoms with Gasteiger partial charge in [-0.1, -0.05) is 23.7 Å². The van der Waals surface area contributed by atoms with Crippen LogP contribution in [0.5, 0.6) is 0 Å². The first-order valence-electron chi connectivity index (χ1n) is 7.41. The minimum absolute atomic E-state index is 0.238. The van der Waals surface area contributed by atoms with Crippen molar-refractivity contribution in [2.75, 3.05) is 11.9 Å². The predicted octanol–water partition coefficient (Wildman–Crippen LogP) is 4.41. The average molecular weight is 375 g/mol. The number of rotatable bonds is 5. The molecule has 0 saturated carbocycles. The monoisotopic (exact) mass is 374 g/mol. The zero-order valence-electron chi connectivity index (χ0n) is 13.6. The highest BCUT2D eigenvalue weighted by Gasteiger charge is 2.21. The molecular weight excluding hydrogens is 360 g/mol. The highest BCUT2D eigenvalue weighted by atomic mass is 35.5. The maximum Gasteiger partial charge on any atom is 0.348 e. The fraction of sp³-hybridized carbons (Fsp3) is 0.167. The summed E-state index contributed by atoms with van der Waals surface area (Å²) in [5.41, 5.74) is 1.54. The van der Waals surface area contributed by atoms with Crippen molar-refractivity contribution in [1.82, 2.24) is 0 Å². The summed E-state index contributed by atoms with van der Waals surface area (Å²) < 4.78 is 4.97. The van der Waals surface area contributed by atoms with Crippen molar-refractivity contribution in [3.63, 3.8) is 0 Å². The molecule has 2 rings (SSSR count). The van der Waals surface area contributed by atoms with Crippen molar-refractivity contribution < 1.29 is 14.3 Å². The van der Waals surface area contributed by atoms with Gasteiger partial charge in [0.05, 0.1) is 12.2 Å². The van der Waals surface area contributed by atoms with E-state index in [1.54, 1.807) is 38.1 Å². The molecule has 0 aliphatic rings. The number of nitrogens with one attached hydrogen (secondary N) is 1. The fourth-order valence-corrected chi connectivity index (χ4v) is 3.32. The molecule has 1 aromatic heterocycles. The van der Waals surface area contributed by atoms with Crippen LogP contribution in [0.3, 0.4) is 0 Å². The third kappa shape index (κ3) is 4.69. The SMILES string of the molecule is CCOC(=O)c1sc(NC(=O)/C=C/c2cccc(Cl)c2)c(C#N)c1C. The minimum atomic E-state index is -0.503. The Bertz CT molecular complexity index is 881. The van der Waals surface area contributed by atoms with E-state index in [1.807, 2.05) is 12.1 Å². The van der Waals surface area contributed by atoms with Gasteiger partial charge in [-0.3, -0.25) is 4.79 Å². The standard InChI is InChI=1S/C18H15ClN2O3S/c1-3-24-18(23)16-11(2)14(10-20)17(25-16)21-15(22)8-7-12-5-4-6-13(19)9-12/h4-9H,3H2,1-2H3,(H,21,22)/b8-7+. The van der Waals surface area contributed by atoms with E-state index in [2.05, 4.69) is 5.32 Å². The number of nitriles is 1. The number of benzene rings is 1. The van der Waals surface area contributed by atoms with Crippen LogP contribution in [0.4, 0.5) is 5.00 Å². The molecule has 0 spiro atoms. The van der Waals surface area contributed by atoms with Gasteiger partial charge in [0.1, 0.15) is 15.9 Å². The number of thiophene rings is 1. The second-order valence-electron chi connectivity index (χ2n) is 4.97. The normalized spacial score (nSPS) is 10.5. The maximum atomic E-state index is 12.1. The lowest BCUT2D eigenvalue weighted by atomic mass is 10.1. The van der Waals surface area contributed by atoms with Gasteiger partial charge in [0, 0.05) is 11.1 Å². The highest BCUT2D eigenvalue weighted by Crippen LogP contribution is 2.33. The number of carbonyl (C=O) groups is 2. The van der Waals surface area contributed by atoms with E-state index in [9.17, 15) is 14.9 Å². The molecule has 0 saturated heterocycles. The van der Waals surface area contributed by atoms with Crippen molar-refractivity contribution in [3.8, 4) is 6.07 Å². The molecule has 1 heterocycles. The molecule has 1 aromatic carbocycles. The topological polar surface area (TPSA) is 79.2 Å². The molecule has 0 unspecified atom stereocenters. The number of hydrogen-bond acceptors (Lipinski definition) is 5. The predicted molar refractivity (Wildman–Crippen MR) is 98.8 cm³/mol. The molecule has 25 heavy (non-hydrogen) atoms. The molecular formula is C18H15ClN2O3S. The van der Waals surface area contributed by atoms with Crippen LogP contribution >= 0.6 is 22.9 Å². The van der Waals surface area contributed by atoms with Gasteiger partial charge in [-0.05, 0) is 43.2 Å². The zero-order valence-corrected chi connectivity index (χ0v) is 15.2. The van der Waals surface area contributed by atoms with Crippen LogP contribution in [0.25, 0.3) is 6.08 Å². The summed E-state index contributed by atoms with van der Waals surface area (Å²) in [5, 5.41) is 12.8. The van der Waals surface area contributed by atoms with Crippen molar-refractivity contribution >= 4 is 45.9 Å². The van der Waals surface area contributed by atoms with Gasteiger partial charge >= 0.3 is 5.97 Å². The number of halogens is 1. The van der Waals surface area contributed by atoms with Gasteiger partial charge < -0.3 is 10.1 Å². The molecule has 0 aliphatic heterocycles. The van der Waals surface area contributed by atoms with Gasteiger partial charge in [0.25, 0.3) is 0 Å². The first-order valence-corrected chi connectivity index (χ1v) is 8.61. The lowest BCUT2D eigenvalue weighted by molar-refractivity contribution is -0.111. The van der Waals surface area contributed by atoms with Gasteiger partial charge in [-0.2, -0.15) is 5.26 Å². The smallest absolute Gasteiger partial charge is 0.348 e. The summed E-state index contributed by atoms with van der Waals surface area (Å²) in [7, 11) is 0. The zero-order chi connectivity index (χ0) is 18.4. The number of hydrogen-bond donors (Lipinski definition) is 1. The largest absolute Gasteiger partial charge is 0.462 e. The number of nitrogens with zero attached hydrogens (tertiary/aromatic N) is 1. The molecule has 7 heteroatoms. The Balaban J connectivity index is 2.19. The van der Waals surface area contributed by atoms with Gasteiger partial charge in [0.15, 0.2) is 0 Å². The quantitative estimate of drug-likeness (QED) is 0.621. The Hall–Kier alpha value is -2.62. The van der Waals surface area contributed by atoms with Crippen molar-refractivity contribution in [2.24, 2.45) is 0 Å². The Labute approximate surface area is 154 Å². The van der Waals surface area contributed by atoms with Gasteiger partial charge in [-0.25, -0.2) is 4.79 Å². The van der Waals surface area contributed by atoms with E-state index in [0.717, 1.165) is 16.9 Å². The molecule has 5 nitrogen and oxygen atoms in total. The van der Waals surface area contributed by atoms with E-state index in [1.165, 1.54) is 6.08 Å². The average Bonchev–Trinajstić information content (AvgIpc) is 2.89. The molecule has 128 valence electrons. The summed E-state index contributed by atoms with van der Waals surface area (Å²) >= 11 is 6.92. The molecule has 0 fully saturated rings. The molecule has 1 amide bonds. The second-order valence-corrected chi connectivity index (χ2v) is 6.43. The summed E-state index contributed by atoms with van der Waals surface area (Å²) in [6.45, 7) is 3.59. The van der Waals surface area contributed by atoms with Crippen molar-refractivity contribution in [3.05, 3.63) is 56.9 Å². The summed E-state index contributed by atoms with van der Waals surface area (Å²) in [5.74, 6) is -0.912. The third-order valence-electron chi connectivity index (χ3n) is 3.23. The van der Waals surface area contributed by atoms with Gasteiger partial charge in [0.2, 0.25) is 5.91 Å². The maximum absolute atomic E-state index is 12.1. The minimum Gasteiger partial charge on any atom is -0.462 e. The summed E-state index contributed by atoms with van der Waals surface area (Å²) in [6.07, 6.45) is 2.95. The Kier molecular flexibility index (Phi) is 6.34. The van der Waals surface area contributed by atoms with Crippen LogP contribution in [0.2, 0.25) is 5.02 Å². The Morgan fingerprint density at radius 2 is 2.20 bits per heavy atom. The van der Waals surface area contributed by atoms with Crippen molar-refractivity contribution in [1.29, 1.82) is 5.26 Å². The number of anilines is 1. The van der Waals surface area contributed by atoms with Crippen LogP contribution in [0.15, 0.2) is 30.3 Å². The fourth-order valence-electron chi connectivity index (χ4n) is 2.06. The van der Waals surface area contributed by atoms with Gasteiger partial charge in [-0.15, -0.1) is 11.3 Å². The number of amides is 1. The van der Waals surface area contributed by atoms with Crippen LogP contribution < -0.4 is 5.32 Å². The number of esters is 1. The lowest BCUT2D eigenvalue weighted by Crippen LogP contribution is -2.07. The van der Waals surface area contributed by atoms with Crippen LogP contribution in [0.1, 0.15) is 33.3 Å². The molecule has 0 bridgehead atoms. The number of ether oxygens (including phenoxy) is 1. The summed E-state index contributed by atoms with van der Waals surface area (Å²) in [6, 6.07) is 9.07. The van der Waals surface area contributed by atoms with E-state index >= 15 is 0 Å². The van der Waals surface area contributed by atoms with Crippen LogP contribution in [-0.2, 0) is 9.53 Å². The van der Waals surface area contributed by atoms with Crippen molar-refractivity contribution in [2.45, 2.75) is 13.8 Å². The van der Waals surface area contributed by atoms with Crippen LogP contribution in [-0.4, -0.2) is 18.5 Å². The van der Waals surface area contributed by atoms with E-state index < -0.39 is 11.9 Å². The lowest BCUT2D eigenvalue weighted by Gasteiger charge is -1.99.